The summed E-state index contributed by atoms with van der Waals surface area (Å²) in [6.45, 7) is 4.96. The van der Waals surface area contributed by atoms with Gasteiger partial charge in [-0.15, -0.1) is 0 Å². The number of hydrogen-bond acceptors (Lipinski definition) is 2. The minimum absolute atomic E-state index is 0.176. The topological polar surface area (TPSA) is 34.0 Å². The summed E-state index contributed by atoms with van der Waals surface area (Å²) in [5.41, 5.74) is 4.43. The monoisotopic (exact) mass is 280 g/mol. The molecule has 0 radical (unpaired) electrons. The number of hydrogen-bond donors (Lipinski definition) is 1. The summed E-state index contributed by atoms with van der Waals surface area (Å²) in [5, 5.41) is 3.49. The van der Waals surface area contributed by atoms with Gasteiger partial charge in [-0.3, -0.25) is 4.79 Å². The van der Waals surface area contributed by atoms with E-state index in [9.17, 15) is 4.79 Å². The maximum atomic E-state index is 12.9. The zero-order valence-electron chi connectivity index (χ0n) is 12.3. The molecule has 1 aromatic carbocycles. The molecule has 1 aromatic heterocycles. The molecule has 0 spiro atoms. The second-order valence-electron chi connectivity index (χ2n) is 6.41. The number of aromatic nitrogens is 1. The maximum Gasteiger partial charge on any atom is 0.258 e. The van der Waals surface area contributed by atoms with Crippen LogP contribution in [0, 0.1) is 12.8 Å². The highest BCUT2D eigenvalue weighted by Crippen LogP contribution is 2.32. The average Bonchev–Trinajstić information content (AvgIpc) is 2.49. The van der Waals surface area contributed by atoms with E-state index in [2.05, 4.69) is 30.4 Å². The van der Waals surface area contributed by atoms with Gasteiger partial charge in [0.05, 0.1) is 0 Å². The predicted molar refractivity (Wildman–Crippen MR) is 84.6 cm³/mol. The molecule has 2 unspecified atom stereocenters. The van der Waals surface area contributed by atoms with Gasteiger partial charge < -0.3 is 9.88 Å². The molecule has 1 fully saturated rings. The van der Waals surface area contributed by atoms with Gasteiger partial charge in [0, 0.05) is 30.3 Å². The molecule has 0 amide bonds. The zero-order valence-corrected chi connectivity index (χ0v) is 12.3. The first kappa shape index (κ1) is 12.8. The third kappa shape index (κ3) is 2.12. The second-order valence-corrected chi connectivity index (χ2v) is 6.41. The van der Waals surface area contributed by atoms with Crippen molar-refractivity contribution in [2.24, 2.45) is 5.92 Å². The molecule has 2 aliphatic rings. The Balaban J connectivity index is 1.86. The lowest BCUT2D eigenvalue weighted by Gasteiger charge is -2.37. The van der Waals surface area contributed by atoms with E-state index in [0.717, 1.165) is 30.8 Å². The highest BCUT2D eigenvalue weighted by atomic mass is 16.1. The van der Waals surface area contributed by atoms with Crippen LogP contribution in [-0.2, 0) is 6.54 Å². The molecular formula is C18H20N2O. The molecule has 2 bridgehead atoms. The minimum atomic E-state index is 0.176. The molecule has 3 heterocycles. The Bertz CT molecular complexity index is 747. The standard InChI is InChI=1S/C18H20N2O/c1-12-3-2-4-14(7-12)16-5-6-17-15-8-13(9-19-10-15)11-20(17)18(16)21/h2-7,13,15,19H,8-11H2,1H3. The predicted octanol–water partition coefficient (Wildman–Crippen LogP) is 2.53. The molecule has 0 aliphatic carbocycles. The highest BCUT2D eigenvalue weighted by molar-refractivity contribution is 5.63. The van der Waals surface area contributed by atoms with Crippen LogP contribution in [0.5, 0.6) is 0 Å². The molecule has 1 saturated heterocycles. The van der Waals surface area contributed by atoms with E-state index in [1.807, 2.05) is 22.8 Å². The lowest BCUT2D eigenvalue weighted by atomic mass is 9.84. The molecule has 21 heavy (non-hydrogen) atoms. The van der Waals surface area contributed by atoms with Crippen molar-refractivity contribution in [1.29, 1.82) is 0 Å². The summed E-state index contributed by atoms with van der Waals surface area (Å²) in [4.78, 5) is 12.9. The van der Waals surface area contributed by atoms with E-state index >= 15 is 0 Å². The van der Waals surface area contributed by atoms with Crippen LogP contribution in [-0.4, -0.2) is 17.7 Å². The van der Waals surface area contributed by atoms with Gasteiger partial charge in [0.2, 0.25) is 0 Å². The molecule has 1 N–H and O–H groups in total. The molecular weight excluding hydrogens is 260 g/mol. The molecule has 3 heteroatoms. The number of nitrogens with one attached hydrogen (secondary N) is 1. The van der Waals surface area contributed by atoms with Crippen LogP contribution in [0.4, 0.5) is 0 Å². The normalized spacial score (nSPS) is 23.7. The van der Waals surface area contributed by atoms with E-state index in [0.29, 0.717) is 11.8 Å². The van der Waals surface area contributed by atoms with Crippen LogP contribution in [0.1, 0.15) is 23.6 Å². The Morgan fingerprint density at radius 2 is 2.10 bits per heavy atom. The van der Waals surface area contributed by atoms with Crippen molar-refractivity contribution < 1.29 is 0 Å². The Kier molecular flexibility index (Phi) is 2.96. The quantitative estimate of drug-likeness (QED) is 0.871. The van der Waals surface area contributed by atoms with Crippen LogP contribution in [0.2, 0.25) is 0 Å². The third-order valence-electron chi connectivity index (χ3n) is 4.84. The van der Waals surface area contributed by atoms with Crippen molar-refractivity contribution in [3.8, 4) is 11.1 Å². The molecule has 108 valence electrons. The minimum Gasteiger partial charge on any atom is -0.316 e. The lowest BCUT2D eigenvalue weighted by Crippen LogP contribution is -2.45. The van der Waals surface area contributed by atoms with Crippen molar-refractivity contribution in [1.82, 2.24) is 9.88 Å². The third-order valence-corrected chi connectivity index (χ3v) is 4.84. The van der Waals surface area contributed by atoms with Gasteiger partial charge in [0.25, 0.3) is 5.56 Å². The van der Waals surface area contributed by atoms with Gasteiger partial charge in [-0.2, -0.15) is 0 Å². The Morgan fingerprint density at radius 1 is 1.19 bits per heavy atom. The van der Waals surface area contributed by atoms with E-state index < -0.39 is 0 Å². The lowest BCUT2D eigenvalue weighted by molar-refractivity contribution is 0.257. The van der Waals surface area contributed by atoms with E-state index in [4.69, 9.17) is 0 Å². The summed E-state index contributed by atoms with van der Waals surface area (Å²) in [5.74, 6) is 1.10. The second kappa shape index (κ2) is 4.85. The Hall–Kier alpha value is -1.87. The molecule has 4 rings (SSSR count). The van der Waals surface area contributed by atoms with Crippen molar-refractivity contribution in [3.05, 3.63) is 58.0 Å². The van der Waals surface area contributed by atoms with Gasteiger partial charge >= 0.3 is 0 Å². The summed E-state index contributed by atoms with van der Waals surface area (Å²) in [7, 11) is 0. The van der Waals surface area contributed by atoms with Crippen molar-refractivity contribution in [2.45, 2.75) is 25.8 Å². The SMILES string of the molecule is Cc1cccc(-c2ccc3n(c2=O)CC2CNCC3C2)c1. The van der Waals surface area contributed by atoms with Gasteiger partial charge in [0.15, 0.2) is 0 Å². The maximum absolute atomic E-state index is 12.9. The van der Waals surface area contributed by atoms with Gasteiger partial charge in [-0.05, 0) is 43.5 Å². The highest BCUT2D eigenvalue weighted by Gasteiger charge is 2.31. The fraction of sp³-hybridized carbons (Fsp3) is 0.389. The van der Waals surface area contributed by atoms with Crippen molar-refractivity contribution in [3.63, 3.8) is 0 Å². The number of nitrogens with zero attached hydrogens (tertiary/aromatic N) is 1. The summed E-state index contributed by atoms with van der Waals surface area (Å²) >= 11 is 0. The van der Waals surface area contributed by atoms with Gasteiger partial charge in [-0.25, -0.2) is 0 Å². The fourth-order valence-corrected chi connectivity index (χ4v) is 3.82. The average molecular weight is 280 g/mol. The molecule has 2 atom stereocenters. The summed E-state index contributed by atoms with van der Waals surface area (Å²) in [6, 6.07) is 12.4. The molecule has 3 nitrogen and oxygen atoms in total. The summed E-state index contributed by atoms with van der Waals surface area (Å²) in [6.07, 6.45) is 1.22. The number of benzene rings is 1. The van der Waals surface area contributed by atoms with Crippen molar-refractivity contribution >= 4 is 0 Å². The number of aryl methyl sites for hydroxylation is 1. The van der Waals surface area contributed by atoms with E-state index in [1.54, 1.807) is 0 Å². The van der Waals surface area contributed by atoms with Crippen LogP contribution in [0.15, 0.2) is 41.2 Å². The smallest absolute Gasteiger partial charge is 0.258 e. The fourth-order valence-electron chi connectivity index (χ4n) is 3.82. The Labute approximate surface area is 124 Å². The Morgan fingerprint density at radius 3 is 2.95 bits per heavy atom. The number of piperidine rings is 1. The van der Waals surface area contributed by atoms with Gasteiger partial charge in [-0.1, -0.05) is 29.8 Å². The zero-order chi connectivity index (χ0) is 14.4. The van der Waals surface area contributed by atoms with Crippen LogP contribution in [0.3, 0.4) is 0 Å². The number of rotatable bonds is 1. The van der Waals surface area contributed by atoms with E-state index in [1.165, 1.54) is 17.7 Å². The summed E-state index contributed by atoms with van der Waals surface area (Å²) < 4.78 is 2.03. The largest absolute Gasteiger partial charge is 0.316 e. The first-order chi connectivity index (χ1) is 10.2. The first-order valence-electron chi connectivity index (χ1n) is 7.74. The molecule has 2 aliphatic heterocycles. The van der Waals surface area contributed by atoms with E-state index in [-0.39, 0.29) is 5.56 Å². The number of pyridine rings is 1. The first-order valence-corrected chi connectivity index (χ1v) is 7.74. The van der Waals surface area contributed by atoms with Crippen LogP contribution in [0.25, 0.3) is 11.1 Å². The van der Waals surface area contributed by atoms with Crippen LogP contribution < -0.4 is 10.9 Å². The molecule has 2 aromatic rings. The number of fused-ring (bicyclic) bond motifs is 4. The van der Waals surface area contributed by atoms with Gasteiger partial charge in [0.1, 0.15) is 0 Å². The molecule has 0 saturated carbocycles. The van der Waals surface area contributed by atoms with Crippen molar-refractivity contribution in [2.75, 3.05) is 13.1 Å². The van der Waals surface area contributed by atoms with Crippen LogP contribution >= 0.6 is 0 Å².